The standard InChI is InChI=1S/C36H42N2O/c1-26-25-38(21-20-35(26)18-16-29-11-5-6-13-33(29)35)32-17-19-36(23-32,31-14-15-31)34(39)37-24-27-8-7-12-30(22-27)28-9-3-2-4-10-28/h2-13,22,26,31-32H,14-21,23-25H2,1H3,(H,37,39)/t26-,32?,35-,36?/m0/s1. The molecular weight excluding hydrogens is 476 g/mol. The number of hydrogen-bond donors (Lipinski definition) is 1. The second-order valence-electron chi connectivity index (χ2n) is 13.0. The van der Waals surface area contributed by atoms with Crippen molar-refractivity contribution in [3.05, 3.63) is 95.6 Å². The fourth-order valence-corrected chi connectivity index (χ4v) is 8.64. The summed E-state index contributed by atoms with van der Waals surface area (Å²) < 4.78 is 0. The van der Waals surface area contributed by atoms with E-state index in [4.69, 9.17) is 0 Å². The number of rotatable bonds is 6. The molecule has 3 heteroatoms. The van der Waals surface area contributed by atoms with Gasteiger partial charge in [0, 0.05) is 24.5 Å². The summed E-state index contributed by atoms with van der Waals surface area (Å²) in [5, 5.41) is 3.41. The fourth-order valence-electron chi connectivity index (χ4n) is 8.64. The van der Waals surface area contributed by atoms with Crippen molar-refractivity contribution in [2.45, 2.75) is 76.3 Å². The van der Waals surface area contributed by atoms with Gasteiger partial charge in [-0.05, 0) is 104 Å². The van der Waals surface area contributed by atoms with E-state index in [-0.39, 0.29) is 5.41 Å². The number of aryl methyl sites for hydroxylation is 1. The van der Waals surface area contributed by atoms with Gasteiger partial charge in [0.2, 0.25) is 5.91 Å². The first-order valence-electron chi connectivity index (χ1n) is 15.3. The Hall–Kier alpha value is -2.91. The molecule has 2 saturated carbocycles. The summed E-state index contributed by atoms with van der Waals surface area (Å²) in [7, 11) is 0. The van der Waals surface area contributed by atoms with Crippen LogP contribution in [0.2, 0.25) is 0 Å². The van der Waals surface area contributed by atoms with E-state index in [0.717, 1.165) is 12.8 Å². The van der Waals surface area contributed by atoms with Crippen LogP contribution in [0.1, 0.15) is 68.6 Å². The number of benzene rings is 3. The third-order valence-electron chi connectivity index (χ3n) is 11.0. The van der Waals surface area contributed by atoms with Crippen molar-refractivity contribution in [1.29, 1.82) is 0 Å². The lowest BCUT2D eigenvalue weighted by atomic mass is 9.67. The number of likely N-dealkylation sites (tertiary alicyclic amines) is 1. The number of hydrogen-bond acceptors (Lipinski definition) is 2. The predicted octanol–water partition coefficient (Wildman–Crippen LogP) is 7.14. The lowest BCUT2D eigenvalue weighted by molar-refractivity contribution is -0.132. The maximum absolute atomic E-state index is 13.9. The van der Waals surface area contributed by atoms with Crippen molar-refractivity contribution in [2.75, 3.05) is 13.1 Å². The van der Waals surface area contributed by atoms with Crippen LogP contribution in [0.4, 0.5) is 0 Å². The second-order valence-corrected chi connectivity index (χ2v) is 13.0. The zero-order chi connectivity index (χ0) is 26.5. The topological polar surface area (TPSA) is 32.3 Å². The van der Waals surface area contributed by atoms with Crippen molar-refractivity contribution in [3.8, 4) is 11.1 Å². The number of nitrogens with one attached hydrogen (secondary N) is 1. The van der Waals surface area contributed by atoms with Crippen LogP contribution in [-0.4, -0.2) is 29.9 Å². The van der Waals surface area contributed by atoms with Gasteiger partial charge >= 0.3 is 0 Å². The van der Waals surface area contributed by atoms with Crippen molar-refractivity contribution < 1.29 is 4.79 Å². The smallest absolute Gasteiger partial charge is 0.226 e. The summed E-state index contributed by atoms with van der Waals surface area (Å²) in [6.07, 6.45) is 9.53. The maximum atomic E-state index is 13.9. The van der Waals surface area contributed by atoms with E-state index in [1.54, 1.807) is 11.1 Å². The Bertz CT molecular complexity index is 1350. The Morgan fingerprint density at radius 3 is 2.51 bits per heavy atom. The van der Waals surface area contributed by atoms with Crippen LogP contribution in [0.25, 0.3) is 11.1 Å². The molecule has 202 valence electrons. The molecule has 1 N–H and O–H groups in total. The van der Waals surface area contributed by atoms with E-state index in [1.807, 2.05) is 0 Å². The van der Waals surface area contributed by atoms with Gasteiger partial charge in [0.1, 0.15) is 0 Å². The Balaban J connectivity index is 1.02. The van der Waals surface area contributed by atoms with Gasteiger partial charge in [-0.2, -0.15) is 0 Å². The monoisotopic (exact) mass is 518 g/mol. The van der Waals surface area contributed by atoms with Gasteiger partial charge in [0.15, 0.2) is 0 Å². The molecule has 3 nitrogen and oxygen atoms in total. The van der Waals surface area contributed by atoms with E-state index >= 15 is 0 Å². The van der Waals surface area contributed by atoms with Crippen molar-refractivity contribution in [2.24, 2.45) is 17.3 Å². The van der Waals surface area contributed by atoms with E-state index in [9.17, 15) is 4.79 Å². The molecular formula is C36H42N2O. The summed E-state index contributed by atoms with van der Waals surface area (Å²) in [6, 6.07) is 28.9. The molecule has 4 atom stereocenters. The third-order valence-corrected chi connectivity index (χ3v) is 11.0. The molecule has 0 bridgehead atoms. The third kappa shape index (κ3) is 4.43. The van der Waals surface area contributed by atoms with Gasteiger partial charge in [-0.3, -0.25) is 4.79 Å². The van der Waals surface area contributed by atoms with Crippen molar-refractivity contribution in [3.63, 3.8) is 0 Å². The number of carbonyl (C=O) groups is 1. The SMILES string of the molecule is C[C@H]1CN(C2CCC(C(=O)NCc3cccc(-c4ccccc4)c3)(C3CC3)C2)CC[C@@]12CCc1ccccc12. The van der Waals surface area contributed by atoms with Crippen LogP contribution < -0.4 is 5.32 Å². The first-order valence-corrected chi connectivity index (χ1v) is 15.3. The molecule has 4 aliphatic rings. The van der Waals surface area contributed by atoms with Crippen LogP contribution in [0.3, 0.4) is 0 Å². The maximum Gasteiger partial charge on any atom is 0.226 e. The van der Waals surface area contributed by atoms with Gasteiger partial charge in [-0.25, -0.2) is 0 Å². The average molecular weight is 519 g/mol. The molecule has 3 aromatic carbocycles. The highest BCUT2D eigenvalue weighted by molar-refractivity contribution is 5.84. The lowest BCUT2D eigenvalue weighted by Crippen LogP contribution is -2.51. The number of piperidine rings is 1. The highest BCUT2D eigenvalue weighted by Crippen LogP contribution is 2.57. The van der Waals surface area contributed by atoms with Crippen LogP contribution in [0, 0.1) is 17.3 Å². The quantitative estimate of drug-likeness (QED) is 0.376. The van der Waals surface area contributed by atoms with E-state index in [2.05, 4.69) is 96.0 Å². The Kier molecular flexibility index (Phi) is 6.39. The minimum absolute atomic E-state index is 0.167. The van der Waals surface area contributed by atoms with Gasteiger partial charge in [-0.15, -0.1) is 0 Å². The first kappa shape index (κ1) is 25.1. The zero-order valence-corrected chi connectivity index (χ0v) is 23.4. The first-order chi connectivity index (χ1) is 19.1. The normalized spacial score (nSPS) is 30.4. The lowest BCUT2D eigenvalue weighted by Gasteiger charge is -2.47. The second kappa shape index (κ2) is 9.93. The molecule has 1 aliphatic heterocycles. The highest BCUT2D eigenvalue weighted by Gasteiger charge is 2.56. The molecule has 0 radical (unpaired) electrons. The predicted molar refractivity (Wildman–Crippen MR) is 158 cm³/mol. The molecule has 3 fully saturated rings. The van der Waals surface area contributed by atoms with Gasteiger partial charge in [-0.1, -0.05) is 79.7 Å². The molecule has 1 heterocycles. The van der Waals surface area contributed by atoms with Gasteiger partial charge in [0.25, 0.3) is 0 Å². The zero-order valence-electron chi connectivity index (χ0n) is 23.4. The van der Waals surface area contributed by atoms with E-state index in [0.29, 0.717) is 35.7 Å². The largest absolute Gasteiger partial charge is 0.352 e. The molecule has 39 heavy (non-hydrogen) atoms. The molecule has 2 unspecified atom stereocenters. The molecule has 0 aromatic heterocycles. The Morgan fingerprint density at radius 1 is 0.897 bits per heavy atom. The molecule has 3 aromatic rings. The Morgan fingerprint density at radius 2 is 1.69 bits per heavy atom. The van der Waals surface area contributed by atoms with Crippen LogP contribution in [0.15, 0.2) is 78.9 Å². The van der Waals surface area contributed by atoms with Crippen LogP contribution >= 0.6 is 0 Å². The van der Waals surface area contributed by atoms with Crippen molar-refractivity contribution >= 4 is 5.91 Å². The highest BCUT2D eigenvalue weighted by atomic mass is 16.2. The Labute approximate surface area is 234 Å². The number of fused-ring (bicyclic) bond motifs is 2. The molecule has 7 rings (SSSR count). The number of carbonyl (C=O) groups excluding carboxylic acids is 1. The molecule has 3 aliphatic carbocycles. The van der Waals surface area contributed by atoms with Crippen LogP contribution in [-0.2, 0) is 23.2 Å². The average Bonchev–Trinajstić information content (AvgIpc) is 3.64. The molecule has 1 spiro atoms. The minimum atomic E-state index is -0.167. The fraction of sp³-hybridized carbons (Fsp3) is 0.472. The summed E-state index contributed by atoms with van der Waals surface area (Å²) in [5.41, 5.74) is 7.02. The minimum Gasteiger partial charge on any atom is -0.352 e. The summed E-state index contributed by atoms with van der Waals surface area (Å²) in [5.74, 6) is 1.55. The summed E-state index contributed by atoms with van der Waals surface area (Å²) in [6.45, 7) is 5.46. The van der Waals surface area contributed by atoms with Crippen LogP contribution in [0.5, 0.6) is 0 Å². The van der Waals surface area contributed by atoms with Gasteiger partial charge < -0.3 is 10.2 Å². The van der Waals surface area contributed by atoms with Gasteiger partial charge in [0.05, 0.1) is 5.41 Å². The summed E-state index contributed by atoms with van der Waals surface area (Å²) in [4.78, 5) is 16.7. The summed E-state index contributed by atoms with van der Waals surface area (Å²) >= 11 is 0. The molecule has 1 saturated heterocycles. The molecule has 1 amide bonds. The number of nitrogens with zero attached hydrogens (tertiary/aromatic N) is 1. The number of amides is 1. The van der Waals surface area contributed by atoms with E-state index < -0.39 is 0 Å². The van der Waals surface area contributed by atoms with E-state index in [1.165, 1.54) is 68.3 Å². The van der Waals surface area contributed by atoms with Crippen molar-refractivity contribution in [1.82, 2.24) is 10.2 Å².